The van der Waals surface area contributed by atoms with Gasteiger partial charge in [-0.2, -0.15) is 13.2 Å². The van der Waals surface area contributed by atoms with Crippen LogP contribution >= 0.6 is 0 Å². The maximum atomic E-state index is 13.2. The van der Waals surface area contributed by atoms with Gasteiger partial charge in [0, 0.05) is 30.7 Å². The molecule has 0 aliphatic carbocycles. The molecule has 0 aliphatic rings. The zero-order chi connectivity index (χ0) is 25.1. The second-order valence-electron chi connectivity index (χ2n) is 8.93. The normalized spacial score (nSPS) is 12.1. The van der Waals surface area contributed by atoms with E-state index < -0.39 is 29.7 Å². The number of rotatable bonds is 7. The summed E-state index contributed by atoms with van der Waals surface area (Å²) >= 11 is 0. The zero-order valence-corrected chi connectivity index (χ0v) is 19.2. The number of fused-ring (bicyclic) bond motifs is 1. The van der Waals surface area contributed by atoms with Crippen LogP contribution in [0.15, 0.2) is 47.3 Å². The summed E-state index contributed by atoms with van der Waals surface area (Å²) in [5.41, 5.74) is 0.993. The summed E-state index contributed by atoms with van der Waals surface area (Å²) in [6.45, 7) is 5.43. The maximum Gasteiger partial charge on any atom is 0.416 e. The highest BCUT2D eigenvalue weighted by Crippen LogP contribution is 2.30. The summed E-state index contributed by atoms with van der Waals surface area (Å²) in [5, 5.41) is 14.5. The average molecular weight is 476 g/mol. The van der Waals surface area contributed by atoms with Gasteiger partial charge in [-0.1, -0.05) is 32.9 Å². The lowest BCUT2D eigenvalue weighted by atomic mass is 9.92. The Morgan fingerprint density at radius 3 is 2.50 bits per heavy atom. The fraction of sp³-hybridized carbons (Fsp3) is 0.375. The number of halogens is 3. The number of nitrogens with one attached hydrogen (secondary N) is 2. The summed E-state index contributed by atoms with van der Waals surface area (Å²) in [7, 11) is 0. The van der Waals surface area contributed by atoms with Crippen LogP contribution in [0.25, 0.3) is 11.0 Å². The maximum absolute atomic E-state index is 13.2. The largest absolute Gasteiger partial charge is 0.416 e. The number of carbonyl (C=O) groups excluding carboxylic acids is 1. The first-order chi connectivity index (χ1) is 15.9. The van der Waals surface area contributed by atoms with Gasteiger partial charge in [-0.3, -0.25) is 9.59 Å². The van der Waals surface area contributed by atoms with Crippen LogP contribution in [0, 0.1) is 0 Å². The van der Waals surface area contributed by atoms with Crippen LogP contribution in [-0.4, -0.2) is 33.7 Å². The number of anilines is 1. The monoisotopic (exact) mass is 476 g/mol. The molecule has 2 aromatic carbocycles. The SMILES string of the molecule is CC(C)(C)c1nc2ccc(NCc3cccc(C(F)(F)F)c3)cc2n(CCNC(=O)CO)c1=O. The Labute approximate surface area is 194 Å². The number of aliphatic hydroxyl groups is 1. The lowest BCUT2D eigenvalue weighted by Crippen LogP contribution is -2.36. The average Bonchev–Trinajstić information content (AvgIpc) is 2.77. The molecule has 3 N–H and O–H groups in total. The van der Waals surface area contributed by atoms with E-state index in [-0.39, 0.29) is 25.2 Å². The van der Waals surface area contributed by atoms with Crippen molar-refractivity contribution in [3.05, 3.63) is 69.6 Å². The number of benzene rings is 2. The Morgan fingerprint density at radius 2 is 1.85 bits per heavy atom. The predicted molar refractivity (Wildman–Crippen MR) is 124 cm³/mol. The minimum absolute atomic E-state index is 0.129. The quantitative estimate of drug-likeness (QED) is 0.486. The van der Waals surface area contributed by atoms with Crippen LogP contribution in [0.3, 0.4) is 0 Å². The lowest BCUT2D eigenvalue weighted by Gasteiger charge is -2.21. The highest BCUT2D eigenvalue weighted by Gasteiger charge is 2.30. The molecule has 3 aromatic rings. The smallest absolute Gasteiger partial charge is 0.387 e. The van der Waals surface area contributed by atoms with Crippen molar-refractivity contribution in [2.45, 2.75) is 45.5 Å². The van der Waals surface area contributed by atoms with E-state index in [1.54, 1.807) is 24.3 Å². The molecule has 0 saturated carbocycles. The number of carbonyl (C=O) groups is 1. The highest BCUT2D eigenvalue weighted by molar-refractivity contribution is 5.79. The Hall–Kier alpha value is -3.40. The van der Waals surface area contributed by atoms with Crippen LogP contribution in [-0.2, 0) is 29.5 Å². The molecule has 0 radical (unpaired) electrons. The third-order valence-electron chi connectivity index (χ3n) is 5.21. The molecular weight excluding hydrogens is 449 g/mol. The Bertz CT molecular complexity index is 1250. The second kappa shape index (κ2) is 9.84. The van der Waals surface area contributed by atoms with E-state index in [1.807, 2.05) is 20.8 Å². The fourth-order valence-corrected chi connectivity index (χ4v) is 3.48. The summed E-state index contributed by atoms with van der Waals surface area (Å²) in [5.74, 6) is -0.550. The lowest BCUT2D eigenvalue weighted by molar-refractivity contribution is -0.137. The molecule has 0 saturated heterocycles. The number of amides is 1. The molecule has 10 heteroatoms. The summed E-state index contributed by atoms with van der Waals surface area (Å²) in [4.78, 5) is 29.2. The zero-order valence-electron chi connectivity index (χ0n) is 19.2. The van der Waals surface area contributed by atoms with Gasteiger partial charge in [-0.15, -0.1) is 0 Å². The second-order valence-corrected chi connectivity index (χ2v) is 8.93. The van der Waals surface area contributed by atoms with E-state index in [0.717, 1.165) is 12.1 Å². The van der Waals surface area contributed by atoms with Crippen molar-refractivity contribution in [1.29, 1.82) is 0 Å². The van der Waals surface area contributed by atoms with Gasteiger partial charge in [0.2, 0.25) is 5.91 Å². The van der Waals surface area contributed by atoms with Crippen LogP contribution in [0.2, 0.25) is 0 Å². The van der Waals surface area contributed by atoms with Crippen molar-refractivity contribution in [3.63, 3.8) is 0 Å². The number of hydrogen-bond acceptors (Lipinski definition) is 5. The third kappa shape index (κ3) is 5.93. The predicted octanol–water partition coefficient (Wildman–Crippen LogP) is 3.43. The molecule has 0 fully saturated rings. The minimum atomic E-state index is -4.42. The van der Waals surface area contributed by atoms with Crippen molar-refractivity contribution in [3.8, 4) is 0 Å². The number of nitrogens with zero attached hydrogens (tertiary/aromatic N) is 2. The fourth-order valence-electron chi connectivity index (χ4n) is 3.48. The molecule has 3 rings (SSSR count). The van der Waals surface area contributed by atoms with Crippen LogP contribution in [0.4, 0.5) is 18.9 Å². The van der Waals surface area contributed by atoms with Crippen LogP contribution in [0.1, 0.15) is 37.6 Å². The summed E-state index contributed by atoms with van der Waals surface area (Å²) in [6.07, 6.45) is -4.42. The van der Waals surface area contributed by atoms with Crippen molar-refractivity contribution in [1.82, 2.24) is 14.9 Å². The van der Waals surface area contributed by atoms with Gasteiger partial charge in [-0.25, -0.2) is 4.98 Å². The number of alkyl halides is 3. The van der Waals surface area contributed by atoms with Gasteiger partial charge in [0.25, 0.3) is 5.56 Å². The van der Waals surface area contributed by atoms with Crippen molar-refractivity contribution in [2.24, 2.45) is 0 Å². The van der Waals surface area contributed by atoms with E-state index in [1.165, 1.54) is 10.6 Å². The summed E-state index contributed by atoms with van der Waals surface area (Å²) in [6, 6.07) is 10.3. The van der Waals surface area contributed by atoms with Crippen LogP contribution in [0.5, 0.6) is 0 Å². The Kier molecular flexibility index (Phi) is 7.30. The molecule has 0 bridgehead atoms. The topological polar surface area (TPSA) is 96.2 Å². The Balaban J connectivity index is 1.94. The van der Waals surface area contributed by atoms with Gasteiger partial charge >= 0.3 is 6.18 Å². The van der Waals surface area contributed by atoms with E-state index in [4.69, 9.17) is 5.11 Å². The first kappa shape index (κ1) is 25.2. The van der Waals surface area contributed by atoms with Gasteiger partial charge in [0.05, 0.1) is 16.6 Å². The Morgan fingerprint density at radius 1 is 1.12 bits per heavy atom. The molecule has 0 spiro atoms. The molecule has 1 heterocycles. The van der Waals surface area contributed by atoms with Crippen molar-refractivity contribution in [2.75, 3.05) is 18.5 Å². The van der Waals surface area contributed by atoms with E-state index >= 15 is 0 Å². The minimum Gasteiger partial charge on any atom is -0.387 e. The molecular formula is C24H27F3N4O3. The molecule has 1 amide bonds. The van der Waals surface area contributed by atoms with Crippen molar-refractivity contribution >= 4 is 22.6 Å². The highest BCUT2D eigenvalue weighted by atomic mass is 19.4. The number of aliphatic hydroxyl groups excluding tert-OH is 1. The first-order valence-electron chi connectivity index (χ1n) is 10.7. The first-order valence-corrected chi connectivity index (χ1v) is 10.7. The molecule has 0 atom stereocenters. The van der Waals surface area contributed by atoms with Crippen molar-refractivity contribution < 1.29 is 23.1 Å². The standard InChI is InChI=1S/C24H27F3N4O3/c1-23(2,3)21-22(34)31(10-9-28-20(33)14-32)19-12-17(7-8-18(19)30-21)29-13-15-5-4-6-16(11-15)24(25,26)27/h4-8,11-12,29,32H,9-10,13-14H2,1-3H3,(H,28,33). The van der Waals surface area contributed by atoms with Gasteiger partial charge < -0.3 is 20.3 Å². The van der Waals surface area contributed by atoms with Crippen LogP contribution < -0.4 is 16.2 Å². The van der Waals surface area contributed by atoms with E-state index in [0.29, 0.717) is 28.0 Å². The molecule has 0 unspecified atom stereocenters. The number of aromatic nitrogens is 2. The van der Waals surface area contributed by atoms with E-state index in [2.05, 4.69) is 15.6 Å². The molecule has 7 nitrogen and oxygen atoms in total. The van der Waals surface area contributed by atoms with Gasteiger partial charge in [0.15, 0.2) is 0 Å². The molecule has 182 valence electrons. The summed E-state index contributed by atoms with van der Waals surface area (Å²) < 4.78 is 40.4. The van der Waals surface area contributed by atoms with Gasteiger partial charge in [0.1, 0.15) is 12.3 Å². The van der Waals surface area contributed by atoms with Gasteiger partial charge in [-0.05, 0) is 35.9 Å². The molecule has 0 aliphatic heterocycles. The number of hydrogen-bond donors (Lipinski definition) is 3. The molecule has 1 aromatic heterocycles. The molecule has 34 heavy (non-hydrogen) atoms. The van der Waals surface area contributed by atoms with E-state index in [9.17, 15) is 22.8 Å². The third-order valence-corrected chi connectivity index (χ3v) is 5.21.